The predicted octanol–water partition coefficient (Wildman–Crippen LogP) is 6.34. The maximum absolute atomic E-state index is 11.6. The van der Waals surface area contributed by atoms with Crippen LogP contribution in [0.4, 0.5) is 0 Å². The monoisotopic (exact) mass is 378 g/mol. The zero-order valence-corrected chi connectivity index (χ0v) is 19.3. The minimum atomic E-state index is -1.86. The van der Waals surface area contributed by atoms with Crippen molar-refractivity contribution < 1.29 is 14.0 Å². The first-order valence-electron chi connectivity index (χ1n) is 9.41. The van der Waals surface area contributed by atoms with Crippen molar-refractivity contribution >= 4 is 14.3 Å². The number of rotatable bonds is 9. The first-order chi connectivity index (χ1) is 11.9. The van der Waals surface area contributed by atoms with E-state index < -0.39 is 8.32 Å². The molecule has 0 aliphatic carbocycles. The van der Waals surface area contributed by atoms with E-state index in [1.807, 2.05) is 26.0 Å². The minimum absolute atomic E-state index is 0.0341. The first-order valence-corrected chi connectivity index (χ1v) is 12.3. The van der Waals surface area contributed by atoms with Gasteiger partial charge in [0.25, 0.3) is 0 Å². The molecule has 0 aliphatic rings. The number of ether oxygens (including phenoxy) is 1. The highest BCUT2D eigenvalue weighted by molar-refractivity contribution is 6.74. The van der Waals surface area contributed by atoms with Gasteiger partial charge in [0.2, 0.25) is 0 Å². The van der Waals surface area contributed by atoms with Crippen molar-refractivity contribution in [1.29, 1.82) is 0 Å². The van der Waals surface area contributed by atoms with E-state index in [1.54, 1.807) is 6.92 Å². The van der Waals surface area contributed by atoms with Crippen LogP contribution in [-0.2, 0) is 14.0 Å². The topological polar surface area (TPSA) is 35.5 Å². The van der Waals surface area contributed by atoms with E-state index in [2.05, 4.69) is 53.1 Å². The number of esters is 1. The molecule has 0 aromatic carbocycles. The van der Waals surface area contributed by atoms with E-state index in [-0.39, 0.29) is 17.1 Å². The van der Waals surface area contributed by atoms with Gasteiger partial charge in [-0.05, 0) is 64.2 Å². The van der Waals surface area contributed by atoms with Crippen LogP contribution in [0.5, 0.6) is 0 Å². The molecule has 0 aromatic heterocycles. The van der Waals surface area contributed by atoms with Gasteiger partial charge in [-0.25, -0.2) is 4.79 Å². The number of carbonyl (C=O) groups is 1. The highest BCUT2D eigenvalue weighted by Gasteiger charge is 2.39. The standard InChI is InChI=1S/C22H38O3Si/c1-11-18(4)20(25-26(9,10)22(6,7)8)16-14-17(3)13-15-19(5)21(23)24-12-2/h13,15,20H,1,12,14,16H2,2-10H3/b17-13+,19-15+. The van der Waals surface area contributed by atoms with Crippen LogP contribution in [0.3, 0.4) is 0 Å². The highest BCUT2D eigenvalue weighted by Crippen LogP contribution is 2.38. The molecule has 4 heteroatoms. The lowest BCUT2D eigenvalue weighted by atomic mass is 10.0. The Morgan fingerprint density at radius 1 is 1.19 bits per heavy atom. The van der Waals surface area contributed by atoms with Gasteiger partial charge in [-0.2, -0.15) is 0 Å². The molecule has 0 spiro atoms. The fourth-order valence-electron chi connectivity index (χ4n) is 2.03. The summed E-state index contributed by atoms with van der Waals surface area (Å²) in [7, 11) is -1.86. The summed E-state index contributed by atoms with van der Waals surface area (Å²) >= 11 is 0. The molecule has 0 heterocycles. The van der Waals surface area contributed by atoms with E-state index in [0.717, 1.165) is 18.4 Å². The van der Waals surface area contributed by atoms with Crippen molar-refractivity contribution in [3.8, 4) is 0 Å². The molecule has 0 aliphatic heterocycles. The Morgan fingerprint density at radius 2 is 1.77 bits per heavy atom. The van der Waals surface area contributed by atoms with Crippen molar-refractivity contribution in [2.75, 3.05) is 6.61 Å². The second-order valence-corrected chi connectivity index (χ2v) is 13.1. The van der Waals surface area contributed by atoms with Crippen molar-refractivity contribution in [2.45, 2.75) is 85.5 Å². The molecule has 0 radical (unpaired) electrons. The average molecular weight is 379 g/mol. The summed E-state index contributed by atoms with van der Waals surface area (Å²) in [5.41, 5.74) is 5.89. The van der Waals surface area contributed by atoms with Gasteiger partial charge in [0.05, 0.1) is 12.7 Å². The number of carbonyl (C=O) groups excluding carboxylic acids is 1. The lowest BCUT2D eigenvalue weighted by Crippen LogP contribution is -2.44. The Kier molecular flexibility index (Phi) is 10.2. The van der Waals surface area contributed by atoms with Gasteiger partial charge in [-0.1, -0.05) is 45.1 Å². The number of allylic oxidation sites excluding steroid dienone is 3. The Bertz CT molecular complexity index is 585. The summed E-state index contributed by atoms with van der Waals surface area (Å²) in [6.07, 6.45) is 5.63. The fourth-order valence-corrected chi connectivity index (χ4v) is 3.39. The van der Waals surface area contributed by atoms with Crippen LogP contribution in [0.25, 0.3) is 0 Å². The van der Waals surface area contributed by atoms with Crippen molar-refractivity contribution in [2.24, 2.45) is 0 Å². The summed E-state index contributed by atoms with van der Waals surface area (Å²) in [6.45, 7) is 23.2. The van der Waals surface area contributed by atoms with Gasteiger partial charge in [0, 0.05) is 5.57 Å². The van der Waals surface area contributed by atoms with Crippen LogP contribution in [0.2, 0.25) is 18.1 Å². The van der Waals surface area contributed by atoms with Gasteiger partial charge >= 0.3 is 5.97 Å². The molecule has 0 saturated carbocycles. The molecule has 0 aromatic rings. The van der Waals surface area contributed by atoms with Crippen LogP contribution < -0.4 is 0 Å². The predicted molar refractivity (Wildman–Crippen MR) is 114 cm³/mol. The molecule has 1 unspecified atom stereocenters. The second kappa shape index (κ2) is 10.7. The van der Waals surface area contributed by atoms with E-state index in [1.165, 1.54) is 5.57 Å². The third-order valence-electron chi connectivity index (χ3n) is 5.02. The quantitative estimate of drug-likeness (QED) is 0.154. The fraction of sp³-hybridized carbons (Fsp3) is 0.636. The van der Waals surface area contributed by atoms with E-state index >= 15 is 0 Å². The molecule has 0 N–H and O–H groups in total. The Labute approximate surface area is 162 Å². The molecule has 0 amide bonds. The smallest absolute Gasteiger partial charge is 0.333 e. The van der Waals surface area contributed by atoms with Gasteiger partial charge in [0.1, 0.15) is 0 Å². The molecule has 148 valence electrons. The van der Waals surface area contributed by atoms with Crippen LogP contribution >= 0.6 is 0 Å². The lowest BCUT2D eigenvalue weighted by Gasteiger charge is -2.39. The molecule has 3 nitrogen and oxygen atoms in total. The maximum atomic E-state index is 11.6. The summed E-state index contributed by atoms with van der Waals surface area (Å²) in [5.74, 6) is -0.263. The highest BCUT2D eigenvalue weighted by atomic mass is 28.4. The molecule has 0 fully saturated rings. The number of hydrogen-bond acceptors (Lipinski definition) is 3. The lowest BCUT2D eigenvalue weighted by molar-refractivity contribution is -0.138. The van der Waals surface area contributed by atoms with Crippen LogP contribution in [0, 0.1) is 0 Å². The zero-order valence-electron chi connectivity index (χ0n) is 18.3. The van der Waals surface area contributed by atoms with Gasteiger partial charge in [-0.15, -0.1) is 5.73 Å². The largest absolute Gasteiger partial charge is 0.463 e. The Hall–Kier alpha value is -1.35. The van der Waals surface area contributed by atoms with Crippen molar-refractivity contribution in [1.82, 2.24) is 0 Å². The minimum Gasteiger partial charge on any atom is -0.463 e. The summed E-state index contributed by atoms with van der Waals surface area (Å²) in [5, 5.41) is 0.164. The van der Waals surface area contributed by atoms with Gasteiger partial charge < -0.3 is 9.16 Å². The number of hydrogen-bond donors (Lipinski definition) is 0. The third-order valence-corrected chi connectivity index (χ3v) is 9.51. The molecule has 26 heavy (non-hydrogen) atoms. The summed E-state index contributed by atoms with van der Waals surface area (Å²) in [4.78, 5) is 11.6. The molecule has 0 saturated heterocycles. The van der Waals surface area contributed by atoms with Crippen molar-refractivity contribution in [3.05, 3.63) is 41.2 Å². The summed E-state index contributed by atoms with van der Waals surface area (Å²) < 4.78 is 11.6. The Balaban J connectivity index is 5.07. The third kappa shape index (κ3) is 8.35. The van der Waals surface area contributed by atoms with Gasteiger partial charge in [0.15, 0.2) is 8.32 Å². The SMILES string of the molecule is C=C=C(C)C(CC/C(C)=C/C=C(\C)C(=O)OCC)O[Si](C)(C)C(C)(C)C. The van der Waals surface area contributed by atoms with Gasteiger partial charge in [-0.3, -0.25) is 0 Å². The first kappa shape index (κ1) is 24.6. The van der Waals surface area contributed by atoms with E-state index in [9.17, 15) is 4.79 Å². The van der Waals surface area contributed by atoms with Crippen molar-refractivity contribution in [3.63, 3.8) is 0 Å². The zero-order chi connectivity index (χ0) is 20.5. The van der Waals surface area contributed by atoms with E-state index in [4.69, 9.17) is 9.16 Å². The molecule has 1 atom stereocenters. The Morgan fingerprint density at radius 3 is 2.23 bits per heavy atom. The molecule has 0 rings (SSSR count). The van der Waals surface area contributed by atoms with Crippen LogP contribution in [-0.4, -0.2) is 27.0 Å². The van der Waals surface area contributed by atoms with Crippen LogP contribution in [0.15, 0.2) is 41.2 Å². The second-order valence-electron chi connectivity index (χ2n) is 8.35. The maximum Gasteiger partial charge on any atom is 0.333 e. The molecule has 0 bridgehead atoms. The molecular weight excluding hydrogens is 340 g/mol. The van der Waals surface area contributed by atoms with E-state index in [0.29, 0.717) is 12.2 Å². The molecular formula is C22H38O3Si. The van der Waals surface area contributed by atoms with Crippen LogP contribution in [0.1, 0.15) is 61.3 Å². The average Bonchev–Trinajstić information content (AvgIpc) is 2.54. The normalized spacial score (nSPS) is 14.7. The summed E-state index contributed by atoms with van der Waals surface area (Å²) in [6, 6.07) is 0.